The molecule has 0 saturated carbocycles. The average Bonchev–Trinajstić information content (AvgIpc) is 3.04. The molecule has 0 spiro atoms. The highest BCUT2D eigenvalue weighted by Crippen LogP contribution is 2.37. The lowest BCUT2D eigenvalue weighted by Gasteiger charge is -2.04. The maximum atomic E-state index is 5.13. The van der Waals surface area contributed by atoms with Gasteiger partial charge in [-0.05, 0) is 59.2 Å². The van der Waals surface area contributed by atoms with Crippen LogP contribution in [0.4, 0.5) is 0 Å². The van der Waals surface area contributed by atoms with Gasteiger partial charge in [0.2, 0.25) is 0 Å². The summed E-state index contributed by atoms with van der Waals surface area (Å²) in [6, 6.07) is 11.1. The minimum atomic E-state index is 0.536. The normalized spacial score (nSPS) is 11.9. The summed E-state index contributed by atoms with van der Waals surface area (Å²) in [5.41, 5.74) is 9.12. The van der Waals surface area contributed by atoms with Gasteiger partial charge in [0.15, 0.2) is 0 Å². The zero-order chi connectivity index (χ0) is 15.7. The molecule has 0 saturated heterocycles. The number of aryl methyl sites for hydroxylation is 2. The van der Waals surface area contributed by atoms with Gasteiger partial charge >= 0.3 is 0 Å². The topological polar surface area (TPSA) is 13.1 Å². The quantitative estimate of drug-likeness (QED) is 0.552. The Bertz CT molecular complexity index is 776. The van der Waals surface area contributed by atoms with Gasteiger partial charge in [-0.1, -0.05) is 50.3 Å². The van der Waals surface area contributed by atoms with Crippen molar-refractivity contribution >= 4 is 12.2 Å². The van der Waals surface area contributed by atoms with Gasteiger partial charge < -0.3 is 4.42 Å². The first-order chi connectivity index (χ1) is 10.6. The van der Waals surface area contributed by atoms with E-state index < -0.39 is 0 Å². The lowest BCUT2D eigenvalue weighted by molar-refractivity contribution is 0.567. The summed E-state index contributed by atoms with van der Waals surface area (Å²) >= 11 is 0. The van der Waals surface area contributed by atoms with Gasteiger partial charge in [-0.15, -0.1) is 0 Å². The lowest BCUT2D eigenvalue weighted by Crippen LogP contribution is -1.84. The number of furan rings is 1. The Morgan fingerprint density at radius 1 is 0.955 bits per heavy atom. The first kappa shape index (κ1) is 14.6. The van der Waals surface area contributed by atoms with Crippen LogP contribution in [0, 0.1) is 13.8 Å². The molecule has 1 heterocycles. The number of fused-ring (bicyclic) bond motifs is 1. The van der Waals surface area contributed by atoms with Crippen molar-refractivity contribution in [3.05, 3.63) is 70.7 Å². The van der Waals surface area contributed by atoms with Crippen molar-refractivity contribution in [2.75, 3.05) is 0 Å². The van der Waals surface area contributed by atoms with Gasteiger partial charge in [-0.25, -0.2) is 0 Å². The summed E-state index contributed by atoms with van der Waals surface area (Å²) < 4.78 is 5.13. The van der Waals surface area contributed by atoms with Gasteiger partial charge in [-0.2, -0.15) is 0 Å². The molecule has 0 unspecified atom stereocenters. The molecule has 0 aromatic carbocycles. The third-order valence-electron chi connectivity index (χ3n) is 4.25. The van der Waals surface area contributed by atoms with Crippen molar-refractivity contribution in [1.29, 1.82) is 0 Å². The maximum Gasteiger partial charge on any atom is 0.0974 e. The molecule has 0 fully saturated rings. The van der Waals surface area contributed by atoms with E-state index in [4.69, 9.17) is 4.42 Å². The van der Waals surface area contributed by atoms with Crippen molar-refractivity contribution in [2.24, 2.45) is 0 Å². The summed E-state index contributed by atoms with van der Waals surface area (Å²) in [7, 11) is 0. The zero-order valence-corrected chi connectivity index (χ0v) is 13.7. The average molecular weight is 290 g/mol. The fraction of sp³-hybridized carbons (Fsp3) is 0.238. The van der Waals surface area contributed by atoms with Gasteiger partial charge in [0.05, 0.1) is 12.5 Å². The Labute approximate surface area is 132 Å². The summed E-state index contributed by atoms with van der Waals surface area (Å²) in [5, 5.41) is 0. The lowest BCUT2D eigenvalue weighted by atomic mass is 10.0. The second-order valence-electron chi connectivity index (χ2n) is 6.28. The second-order valence-corrected chi connectivity index (χ2v) is 6.28. The van der Waals surface area contributed by atoms with Crippen LogP contribution < -0.4 is 0 Å². The first-order valence-electron chi connectivity index (χ1n) is 7.80. The van der Waals surface area contributed by atoms with E-state index in [-0.39, 0.29) is 0 Å². The van der Waals surface area contributed by atoms with Crippen LogP contribution in [0.2, 0.25) is 0 Å². The smallest absolute Gasteiger partial charge is 0.0974 e. The fourth-order valence-electron chi connectivity index (χ4n) is 2.93. The number of hydrogen-bond acceptors (Lipinski definition) is 1. The molecule has 0 radical (unpaired) electrons. The molecule has 1 aromatic rings. The molecular formula is C21H22O. The molecule has 1 heteroatoms. The highest BCUT2D eigenvalue weighted by molar-refractivity contribution is 5.87. The molecule has 1 nitrogen and oxygen atoms in total. The largest absolute Gasteiger partial charge is 0.472 e. The Hall–Kier alpha value is -2.28. The van der Waals surface area contributed by atoms with Crippen molar-refractivity contribution in [1.82, 2.24) is 0 Å². The molecule has 22 heavy (non-hydrogen) atoms. The molecule has 0 N–H and O–H groups in total. The predicted octanol–water partition coefficient (Wildman–Crippen LogP) is 6.30. The molecule has 2 aliphatic rings. The Morgan fingerprint density at radius 3 is 2.45 bits per heavy atom. The van der Waals surface area contributed by atoms with Crippen molar-refractivity contribution < 1.29 is 4.42 Å². The van der Waals surface area contributed by atoms with E-state index in [2.05, 4.69) is 64.1 Å². The molecule has 2 aliphatic carbocycles. The van der Waals surface area contributed by atoms with E-state index in [0.717, 1.165) is 5.56 Å². The van der Waals surface area contributed by atoms with Crippen LogP contribution in [0.15, 0.2) is 47.3 Å². The predicted molar refractivity (Wildman–Crippen MR) is 94.3 cm³/mol. The van der Waals surface area contributed by atoms with Gasteiger partial charge in [0, 0.05) is 5.56 Å². The summed E-state index contributed by atoms with van der Waals surface area (Å²) in [6.45, 7) is 8.88. The van der Waals surface area contributed by atoms with E-state index in [1.165, 1.54) is 33.4 Å². The third-order valence-corrected chi connectivity index (χ3v) is 4.25. The van der Waals surface area contributed by atoms with Crippen LogP contribution >= 0.6 is 0 Å². The van der Waals surface area contributed by atoms with Gasteiger partial charge in [-0.3, -0.25) is 0 Å². The SMILES string of the molecule is Cc1cc(/C=C/c2ccoc2)c2c(C)ccc(C(C)C)cc1-2. The standard InChI is InChI=1S/C21H22O/c1-14(2)18-7-5-15(3)21-19(11-16(4)20(21)12-18)8-6-17-9-10-22-13-17/h5-14H,1-4H3/b8-6+. The van der Waals surface area contributed by atoms with E-state index in [9.17, 15) is 0 Å². The van der Waals surface area contributed by atoms with Crippen molar-refractivity contribution in [2.45, 2.75) is 33.6 Å². The highest BCUT2D eigenvalue weighted by atomic mass is 16.3. The number of rotatable bonds is 3. The minimum absolute atomic E-state index is 0.536. The monoisotopic (exact) mass is 290 g/mol. The Kier molecular flexibility index (Phi) is 3.89. The van der Waals surface area contributed by atoms with Crippen molar-refractivity contribution in [3.8, 4) is 11.1 Å². The van der Waals surface area contributed by atoms with E-state index >= 15 is 0 Å². The number of hydrogen-bond donors (Lipinski definition) is 0. The Morgan fingerprint density at radius 2 is 1.77 bits per heavy atom. The first-order valence-corrected chi connectivity index (χ1v) is 7.80. The van der Waals surface area contributed by atoms with Crippen LogP contribution in [0.5, 0.6) is 0 Å². The molecule has 112 valence electrons. The van der Waals surface area contributed by atoms with Crippen LogP contribution in [0.3, 0.4) is 0 Å². The molecule has 1 aromatic heterocycles. The summed E-state index contributed by atoms with van der Waals surface area (Å²) in [4.78, 5) is 0. The molecular weight excluding hydrogens is 268 g/mol. The highest BCUT2D eigenvalue weighted by Gasteiger charge is 2.14. The van der Waals surface area contributed by atoms with Crippen LogP contribution in [-0.4, -0.2) is 0 Å². The third kappa shape index (κ3) is 2.71. The van der Waals surface area contributed by atoms with E-state index in [1.807, 2.05) is 6.07 Å². The zero-order valence-electron chi connectivity index (χ0n) is 13.7. The van der Waals surface area contributed by atoms with Crippen LogP contribution in [0.1, 0.15) is 47.6 Å². The fourth-order valence-corrected chi connectivity index (χ4v) is 2.93. The van der Waals surface area contributed by atoms with Gasteiger partial charge in [0.25, 0.3) is 0 Å². The minimum Gasteiger partial charge on any atom is -0.472 e. The van der Waals surface area contributed by atoms with Crippen LogP contribution in [-0.2, 0) is 0 Å². The molecule has 0 atom stereocenters. The summed E-state index contributed by atoms with van der Waals surface area (Å²) in [5.74, 6) is 0.536. The molecule has 3 rings (SSSR count). The van der Waals surface area contributed by atoms with Crippen LogP contribution in [0.25, 0.3) is 23.3 Å². The van der Waals surface area contributed by atoms with Gasteiger partial charge in [0.1, 0.15) is 0 Å². The van der Waals surface area contributed by atoms with E-state index in [0.29, 0.717) is 5.92 Å². The molecule has 0 aliphatic heterocycles. The van der Waals surface area contributed by atoms with Crippen molar-refractivity contribution in [3.63, 3.8) is 0 Å². The maximum absolute atomic E-state index is 5.13. The molecule has 0 bridgehead atoms. The Balaban J connectivity index is 2.12. The van der Waals surface area contributed by atoms with E-state index in [1.54, 1.807) is 12.5 Å². The molecule has 0 amide bonds. The second kappa shape index (κ2) is 5.84. The summed E-state index contributed by atoms with van der Waals surface area (Å²) in [6.07, 6.45) is 7.75.